The molecule has 7 heteroatoms. The molecule has 0 bridgehead atoms. The highest BCUT2D eigenvalue weighted by molar-refractivity contribution is 7.89. The highest BCUT2D eigenvalue weighted by Gasteiger charge is 2.25. The zero-order chi connectivity index (χ0) is 13.9. The molecule has 0 fully saturated rings. The van der Waals surface area contributed by atoms with E-state index in [0.29, 0.717) is 15.6 Å². The molecule has 0 amide bonds. The maximum atomic E-state index is 11.9. The highest BCUT2D eigenvalue weighted by Crippen LogP contribution is 2.30. The standard InChI is InChI=1S/C11H14Cl3NO2S/c1-8(15(2)18(16,17)6-5-12)10-4-3-9(13)7-11(10)14/h3-4,7-8H,5-6H2,1-2H3. The van der Waals surface area contributed by atoms with Crippen LogP contribution in [0, 0.1) is 0 Å². The molecule has 3 nitrogen and oxygen atoms in total. The number of nitrogens with zero attached hydrogens (tertiary/aromatic N) is 1. The van der Waals surface area contributed by atoms with Crippen LogP contribution >= 0.6 is 34.8 Å². The molecule has 0 N–H and O–H groups in total. The molecular formula is C11H14Cl3NO2S. The van der Waals surface area contributed by atoms with Crippen molar-refractivity contribution < 1.29 is 8.42 Å². The number of hydrogen-bond donors (Lipinski definition) is 0. The Bertz CT molecular complexity index is 519. The Balaban J connectivity index is 3.03. The normalized spacial score (nSPS) is 13.9. The predicted molar refractivity (Wildman–Crippen MR) is 77.1 cm³/mol. The number of alkyl halides is 1. The Morgan fingerprint density at radius 3 is 2.44 bits per heavy atom. The molecular weight excluding hydrogens is 317 g/mol. The van der Waals surface area contributed by atoms with Gasteiger partial charge in [0.25, 0.3) is 0 Å². The van der Waals surface area contributed by atoms with E-state index in [1.165, 1.54) is 11.4 Å². The largest absolute Gasteiger partial charge is 0.215 e. The van der Waals surface area contributed by atoms with Gasteiger partial charge in [-0.15, -0.1) is 11.6 Å². The van der Waals surface area contributed by atoms with E-state index in [-0.39, 0.29) is 17.7 Å². The minimum Gasteiger partial charge on any atom is -0.212 e. The molecule has 0 aliphatic carbocycles. The van der Waals surface area contributed by atoms with Crippen LogP contribution in [0.3, 0.4) is 0 Å². The van der Waals surface area contributed by atoms with Crippen LogP contribution < -0.4 is 0 Å². The first-order valence-electron chi connectivity index (χ1n) is 5.26. The van der Waals surface area contributed by atoms with Crippen molar-refractivity contribution in [3.05, 3.63) is 33.8 Å². The summed E-state index contributed by atoms with van der Waals surface area (Å²) in [5.41, 5.74) is 0.710. The third kappa shape index (κ3) is 3.75. The fourth-order valence-electron chi connectivity index (χ4n) is 1.52. The second kappa shape index (κ2) is 6.44. The van der Waals surface area contributed by atoms with Crippen molar-refractivity contribution in [3.8, 4) is 0 Å². The van der Waals surface area contributed by atoms with Crippen LogP contribution in [0.2, 0.25) is 10.0 Å². The fraction of sp³-hybridized carbons (Fsp3) is 0.455. The summed E-state index contributed by atoms with van der Waals surface area (Å²) < 4.78 is 25.1. The van der Waals surface area contributed by atoms with E-state index in [9.17, 15) is 8.42 Å². The molecule has 1 aromatic carbocycles. The van der Waals surface area contributed by atoms with Gasteiger partial charge >= 0.3 is 0 Å². The lowest BCUT2D eigenvalue weighted by atomic mass is 10.1. The molecule has 0 radical (unpaired) electrons. The SMILES string of the molecule is CC(c1ccc(Cl)cc1Cl)N(C)S(=O)(=O)CCCl. The van der Waals surface area contributed by atoms with E-state index < -0.39 is 10.0 Å². The summed E-state index contributed by atoms with van der Waals surface area (Å²) in [5, 5.41) is 0.963. The van der Waals surface area contributed by atoms with E-state index in [4.69, 9.17) is 34.8 Å². The van der Waals surface area contributed by atoms with Gasteiger partial charge < -0.3 is 0 Å². The van der Waals surface area contributed by atoms with Crippen molar-refractivity contribution in [2.24, 2.45) is 0 Å². The first-order valence-corrected chi connectivity index (χ1v) is 8.16. The molecule has 0 saturated heterocycles. The lowest BCUT2D eigenvalue weighted by molar-refractivity contribution is 0.399. The van der Waals surface area contributed by atoms with Crippen molar-refractivity contribution >= 4 is 44.8 Å². The summed E-state index contributed by atoms with van der Waals surface area (Å²) in [6.07, 6.45) is 0. The van der Waals surface area contributed by atoms with E-state index in [1.807, 2.05) is 0 Å². The summed E-state index contributed by atoms with van der Waals surface area (Å²) in [6, 6.07) is 4.63. The average molecular weight is 331 g/mol. The second-order valence-corrected chi connectivity index (χ2v) is 7.23. The van der Waals surface area contributed by atoms with Crippen LogP contribution in [-0.4, -0.2) is 31.4 Å². The molecule has 18 heavy (non-hydrogen) atoms. The lowest BCUT2D eigenvalue weighted by Crippen LogP contribution is -2.32. The van der Waals surface area contributed by atoms with Gasteiger partial charge in [-0.2, -0.15) is 4.31 Å². The number of halogens is 3. The van der Waals surface area contributed by atoms with Gasteiger partial charge in [0, 0.05) is 29.0 Å². The summed E-state index contributed by atoms with van der Waals surface area (Å²) in [5.74, 6) is -0.0334. The summed E-state index contributed by atoms with van der Waals surface area (Å²) in [6.45, 7) is 1.76. The van der Waals surface area contributed by atoms with E-state index >= 15 is 0 Å². The van der Waals surface area contributed by atoms with Crippen molar-refractivity contribution in [2.45, 2.75) is 13.0 Å². The maximum Gasteiger partial charge on any atom is 0.215 e. The Labute approximate surface area is 123 Å². The molecule has 1 atom stereocenters. The Kier molecular flexibility index (Phi) is 5.74. The maximum absolute atomic E-state index is 11.9. The van der Waals surface area contributed by atoms with Crippen molar-refractivity contribution in [1.82, 2.24) is 4.31 Å². The van der Waals surface area contributed by atoms with Crippen molar-refractivity contribution in [2.75, 3.05) is 18.7 Å². The van der Waals surface area contributed by atoms with Crippen molar-refractivity contribution in [3.63, 3.8) is 0 Å². The first-order chi connectivity index (χ1) is 8.29. The quantitative estimate of drug-likeness (QED) is 0.774. The van der Waals surface area contributed by atoms with E-state index in [2.05, 4.69) is 0 Å². The highest BCUT2D eigenvalue weighted by atomic mass is 35.5. The Hall–Kier alpha value is -0.000000000000000167. The fourth-order valence-corrected chi connectivity index (χ4v) is 3.75. The van der Waals surface area contributed by atoms with E-state index in [1.54, 1.807) is 25.1 Å². The summed E-state index contributed by atoms with van der Waals surface area (Å²) in [7, 11) is -1.86. The Morgan fingerprint density at radius 2 is 1.94 bits per heavy atom. The molecule has 0 spiro atoms. The average Bonchev–Trinajstić information content (AvgIpc) is 2.27. The van der Waals surface area contributed by atoms with Crippen LogP contribution in [0.5, 0.6) is 0 Å². The monoisotopic (exact) mass is 329 g/mol. The molecule has 1 rings (SSSR count). The Morgan fingerprint density at radius 1 is 1.33 bits per heavy atom. The van der Waals surface area contributed by atoms with Crippen LogP contribution in [0.25, 0.3) is 0 Å². The molecule has 1 aromatic rings. The predicted octanol–water partition coefficient (Wildman–Crippen LogP) is 3.55. The smallest absolute Gasteiger partial charge is 0.212 e. The molecule has 0 heterocycles. The van der Waals surface area contributed by atoms with Gasteiger partial charge in [0.1, 0.15) is 0 Å². The van der Waals surface area contributed by atoms with E-state index in [0.717, 1.165) is 0 Å². The molecule has 0 aromatic heterocycles. The minimum atomic E-state index is -3.37. The van der Waals surface area contributed by atoms with Crippen LogP contribution in [0.4, 0.5) is 0 Å². The van der Waals surface area contributed by atoms with Gasteiger partial charge in [-0.3, -0.25) is 0 Å². The number of sulfonamides is 1. The van der Waals surface area contributed by atoms with Crippen LogP contribution in [0.15, 0.2) is 18.2 Å². The number of rotatable bonds is 5. The number of hydrogen-bond acceptors (Lipinski definition) is 2. The van der Waals surface area contributed by atoms with Gasteiger partial charge in [-0.05, 0) is 24.6 Å². The zero-order valence-electron chi connectivity index (χ0n) is 10.0. The molecule has 0 aliphatic rings. The summed E-state index contributed by atoms with van der Waals surface area (Å²) in [4.78, 5) is 0. The van der Waals surface area contributed by atoms with Gasteiger partial charge in [-0.25, -0.2) is 8.42 Å². The third-order valence-corrected chi connectivity index (χ3v) is 5.62. The minimum absolute atomic E-state index is 0.0632. The molecule has 0 saturated carbocycles. The molecule has 1 unspecified atom stereocenters. The zero-order valence-corrected chi connectivity index (χ0v) is 13.1. The van der Waals surface area contributed by atoms with Gasteiger partial charge in [-0.1, -0.05) is 29.3 Å². The van der Waals surface area contributed by atoms with Crippen LogP contribution in [0.1, 0.15) is 18.5 Å². The van der Waals surface area contributed by atoms with Crippen molar-refractivity contribution in [1.29, 1.82) is 0 Å². The molecule has 0 aliphatic heterocycles. The third-order valence-electron chi connectivity index (χ3n) is 2.73. The second-order valence-electron chi connectivity index (χ2n) is 3.86. The van der Waals surface area contributed by atoms with Gasteiger partial charge in [0.05, 0.1) is 5.75 Å². The van der Waals surface area contributed by atoms with Gasteiger partial charge in [0.2, 0.25) is 10.0 Å². The number of benzene rings is 1. The molecule has 102 valence electrons. The lowest BCUT2D eigenvalue weighted by Gasteiger charge is -2.25. The van der Waals surface area contributed by atoms with Crippen LogP contribution in [-0.2, 0) is 10.0 Å². The summed E-state index contributed by atoms with van der Waals surface area (Å²) >= 11 is 17.4. The van der Waals surface area contributed by atoms with Gasteiger partial charge in [0.15, 0.2) is 0 Å². The topological polar surface area (TPSA) is 37.4 Å². The first kappa shape index (κ1) is 16.1.